The summed E-state index contributed by atoms with van der Waals surface area (Å²) in [5.41, 5.74) is 8.14. The lowest BCUT2D eigenvalue weighted by Gasteiger charge is -2.30. The number of nitrogens with two attached hydrogens (primary N) is 1. The van der Waals surface area contributed by atoms with E-state index in [1.165, 1.54) is 11.1 Å². The van der Waals surface area contributed by atoms with Crippen LogP contribution >= 0.6 is 0 Å². The number of carbonyl (C=O) groups is 1. The molecule has 0 saturated carbocycles. The minimum absolute atomic E-state index is 0.0125. The Hall–Kier alpha value is -1.55. The number of primary amides is 1. The molecule has 0 aromatic heterocycles. The second-order valence-electron chi connectivity index (χ2n) is 5.79. The van der Waals surface area contributed by atoms with Crippen molar-refractivity contribution in [2.24, 2.45) is 11.7 Å². The zero-order valence-corrected chi connectivity index (χ0v) is 11.7. The van der Waals surface area contributed by atoms with Gasteiger partial charge in [0, 0.05) is 12.5 Å². The molecule has 2 atom stereocenters. The Morgan fingerprint density at radius 3 is 3.20 bits per heavy atom. The van der Waals surface area contributed by atoms with Gasteiger partial charge in [0.15, 0.2) is 0 Å². The summed E-state index contributed by atoms with van der Waals surface area (Å²) in [6, 6.07) is 6.67. The number of carbonyl (C=O) groups excluding carboxylic acids is 1. The van der Waals surface area contributed by atoms with Gasteiger partial charge in [-0.05, 0) is 49.4 Å². The average Bonchev–Trinajstić information content (AvgIpc) is 2.92. The number of rotatable bonds is 4. The van der Waals surface area contributed by atoms with Gasteiger partial charge in [0.1, 0.15) is 5.75 Å². The molecule has 0 spiro atoms. The zero-order valence-electron chi connectivity index (χ0n) is 11.7. The lowest BCUT2D eigenvalue weighted by atomic mass is 9.86. The molecule has 4 nitrogen and oxygen atoms in total. The monoisotopic (exact) mass is 274 g/mol. The van der Waals surface area contributed by atoms with Gasteiger partial charge < -0.3 is 15.8 Å². The van der Waals surface area contributed by atoms with Crippen molar-refractivity contribution in [3.63, 3.8) is 0 Å². The third-order valence-electron chi connectivity index (χ3n) is 4.45. The summed E-state index contributed by atoms with van der Waals surface area (Å²) in [6.07, 6.45) is 4.92. The molecular weight excluding hydrogens is 252 g/mol. The number of amides is 1. The predicted octanol–water partition coefficient (Wildman–Crippen LogP) is 1.41. The molecule has 2 unspecified atom stereocenters. The molecule has 2 aliphatic heterocycles. The summed E-state index contributed by atoms with van der Waals surface area (Å²) in [5, 5.41) is 3.45. The maximum Gasteiger partial charge on any atom is 0.222 e. The van der Waals surface area contributed by atoms with E-state index in [0.29, 0.717) is 0 Å². The summed E-state index contributed by atoms with van der Waals surface area (Å²) in [6.45, 7) is 1.79. The Kier molecular flexibility index (Phi) is 3.92. The number of hydrogen-bond donors (Lipinski definition) is 2. The smallest absolute Gasteiger partial charge is 0.222 e. The van der Waals surface area contributed by atoms with Crippen LogP contribution in [-0.4, -0.2) is 25.1 Å². The van der Waals surface area contributed by atoms with Gasteiger partial charge in [-0.25, -0.2) is 0 Å². The number of benzene rings is 1. The topological polar surface area (TPSA) is 64.4 Å². The van der Waals surface area contributed by atoms with Gasteiger partial charge in [0.25, 0.3) is 0 Å². The largest absolute Gasteiger partial charge is 0.493 e. The highest BCUT2D eigenvalue weighted by molar-refractivity contribution is 5.77. The first kappa shape index (κ1) is 13.4. The summed E-state index contributed by atoms with van der Waals surface area (Å²) in [7, 11) is 0. The highest BCUT2D eigenvalue weighted by Crippen LogP contribution is 2.27. The molecular formula is C16H22N2O2. The van der Waals surface area contributed by atoms with E-state index in [1.807, 2.05) is 0 Å². The predicted molar refractivity (Wildman–Crippen MR) is 77.7 cm³/mol. The van der Waals surface area contributed by atoms with Gasteiger partial charge in [-0.2, -0.15) is 0 Å². The first-order chi connectivity index (χ1) is 9.74. The number of hydrogen-bond acceptors (Lipinski definition) is 3. The van der Waals surface area contributed by atoms with Crippen LogP contribution in [0.4, 0.5) is 0 Å². The fraction of sp³-hybridized carbons (Fsp3) is 0.562. The van der Waals surface area contributed by atoms with Crippen LogP contribution in [0.3, 0.4) is 0 Å². The summed E-state index contributed by atoms with van der Waals surface area (Å²) in [5.74, 6) is 0.852. The fourth-order valence-corrected chi connectivity index (χ4v) is 3.31. The van der Waals surface area contributed by atoms with E-state index >= 15 is 0 Å². The van der Waals surface area contributed by atoms with Crippen molar-refractivity contribution in [1.29, 1.82) is 0 Å². The van der Waals surface area contributed by atoms with E-state index in [1.54, 1.807) is 0 Å². The van der Waals surface area contributed by atoms with Crippen LogP contribution in [0, 0.1) is 5.92 Å². The van der Waals surface area contributed by atoms with Crippen molar-refractivity contribution in [3.8, 4) is 5.75 Å². The van der Waals surface area contributed by atoms with Gasteiger partial charge in [-0.1, -0.05) is 12.1 Å². The van der Waals surface area contributed by atoms with Crippen LogP contribution in [0.15, 0.2) is 18.2 Å². The van der Waals surface area contributed by atoms with Crippen molar-refractivity contribution in [2.75, 3.05) is 13.2 Å². The van der Waals surface area contributed by atoms with Gasteiger partial charge in [0.05, 0.1) is 12.5 Å². The Morgan fingerprint density at radius 1 is 1.45 bits per heavy atom. The minimum Gasteiger partial charge on any atom is -0.493 e. The van der Waals surface area contributed by atoms with Crippen LogP contribution in [0.1, 0.15) is 30.4 Å². The highest BCUT2D eigenvalue weighted by atomic mass is 16.5. The third-order valence-corrected chi connectivity index (χ3v) is 4.45. The first-order valence-corrected chi connectivity index (χ1v) is 7.51. The van der Waals surface area contributed by atoms with E-state index in [-0.39, 0.29) is 17.9 Å². The Morgan fingerprint density at radius 2 is 2.35 bits per heavy atom. The van der Waals surface area contributed by atoms with Crippen molar-refractivity contribution < 1.29 is 9.53 Å². The standard InChI is InChI=1S/C16H22N2O2/c17-16(19)13-2-1-8-18-14(13)5-3-11-4-6-15-12(10-11)7-9-20-15/h4,6,10,13-14,18H,1-3,5,7-9H2,(H2,17,19). The average molecular weight is 274 g/mol. The second-order valence-corrected chi connectivity index (χ2v) is 5.79. The lowest BCUT2D eigenvalue weighted by Crippen LogP contribution is -2.47. The molecule has 4 heteroatoms. The molecule has 1 saturated heterocycles. The quantitative estimate of drug-likeness (QED) is 0.872. The number of aryl methyl sites for hydroxylation is 1. The number of nitrogens with one attached hydrogen (secondary N) is 1. The molecule has 2 heterocycles. The molecule has 1 fully saturated rings. The van der Waals surface area contributed by atoms with E-state index in [4.69, 9.17) is 10.5 Å². The Bertz CT molecular complexity index is 501. The minimum atomic E-state index is -0.162. The molecule has 1 amide bonds. The van der Waals surface area contributed by atoms with Crippen molar-refractivity contribution in [1.82, 2.24) is 5.32 Å². The molecule has 0 bridgehead atoms. The maximum absolute atomic E-state index is 11.5. The fourth-order valence-electron chi connectivity index (χ4n) is 3.31. The Balaban J connectivity index is 1.62. The molecule has 3 rings (SSSR count). The van der Waals surface area contributed by atoms with E-state index in [9.17, 15) is 4.79 Å². The van der Waals surface area contributed by atoms with Crippen LogP contribution in [-0.2, 0) is 17.6 Å². The zero-order chi connectivity index (χ0) is 13.9. The van der Waals surface area contributed by atoms with Crippen LogP contribution < -0.4 is 15.8 Å². The van der Waals surface area contributed by atoms with Gasteiger partial charge >= 0.3 is 0 Å². The van der Waals surface area contributed by atoms with E-state index in [2.05, 4.69) is 23.5 Å². The molecule has 0 aliphatic carbocycles. The van der Waals surface area contributed by atoms with Gasteiger partial charge in [0.2, 0.25) is 5.91 Å². The molecule has 20 heavy (non-hydrogen) atoms. The highest BCUT2D eigenvalue weighted by Gasteiger charge is 2.28. The Labute approximate surface area is 119 Å². The first-order valence-electron chi connectivity index (χ1n) is 7.51. The summed E-state index contributed by atoms with van der Waals surface area (Å²) >= 11 is 0. The second kappa shape index (κ2) is 5.83. The summed E-state index contributed by atoms with van der Waals surface area (Å²) in [4.78, 5) is 11.5. The maximum atomic E-state index is 11.5. The SMILES string of the molecule is NC(=O)C1CCCNC1CCc1ccc2c(c1)CCO2. The lowest BCUT2D eigenvalue weighted by molar-refractivity contribution is -0.123. The van der Waals surface area contributed by atoms with Gasteiger partial charge in [-0.3, -0.25) is 4.79 Å². The van der Waals surface area contributed by atoms with Crippen LogP contribution in [0.25, 0.3) is 0 Å². The number of piperidine rings is 1. The molecule has 108 valence electrons. The van der Waals surface area contributed by atoms with E-state index < -0.39 is 0 Å². The summed E-state index contributed by atoms with van der Waals surface area (Å²) < 4.78 is 5.52. The number of ether oxygens (including phenoxy) is 1. The van der Waals surface area contributed by atoms with Crippen molar-refractivity contribution >= 4 is 5.91 Å². The van der Waals surface area contributed by atoms with Crippen LogP contribution in [0.5, 0.6) is 5.75 Å². The normalized spacial score (nSPS) is 25.0. The van der Waals surface area contributed by atoms with Crippen LogP contribution in [0.2, 0.25) is 0 Å². The third kappa shape index (κ3) is 2.80. The molecule has 1 aromatic rings. The van der Waals surface area contributed by atoms with E-state index in [0.717, 1.165) is 51.0 Å². The molecule has 1 aromatic carbocycles. The van der Waals surface area contributed by atoms with Gasteiger partial charge in [-0.15, -0.1) is 0 Å². The molecule has 0 radical (unpaired) electrons. The van der Waals surface area contributed by atoms with Crippen molar-refractivity contribution in [3.05, 3.63) is 29.3 Å². The number of fused-ring (bicyclic) bond motifs is 1. The van der Waals surface area contributed by atoms with Crippen molar-refractivity contribution in [2.45, 2.75) is 38.1 Å². The molecule has 2 aliphatic rings. The molecule has 3 N–H and O–H groups in total.